The fourth-order valence-corrected chi connectivity index (χ4v) is 3.61. The minimum Gasteiger partial charge on any atom is -0.376 e. The third kappa shape index (κ3) is 5.45. The summed E-state index contributed by atoms with van der Waals surface area (Å²) >= 11 is 0. The molecule has 3 rings (SSSR count). The third-order valence-corrected chi connectivity index (χ3v) is 5.34. The van der Waals surface area contributed by atoms with Crippen LogP contribution in [0.2, 0.25) is 0 Å². The van der Waals surface area contributed by atoms with Gasteiger partial charge in [0.05, 0.1) is 23.4 Å². The Morgan fingerprint density at radius 1 is 1.10 bits per heavy atom. The van der Waals surface area contributed by atoms with E-state index in [1.54, 1.807) is 6.20 Å². The first-order valence-electron chi connectivity index (χ1n) is 10.5. The highest BCUT2D eigenvalue weighted by Gasteiger charge is 2.47. The molecule has 2 aromatic rings. The molecule has 1 fully saturated rings. The first-order chi connectivity index (χ1) is 13.5. The van der Waals surface area contributed by atoms with Gasteiger partial charge in [-0.15, -0.1) is 0 Å². The smallest absolute Gasteiger partial charge is 0.252 e. The van der Waals surface area contributed by atoms with Crippen LogP contribution in [0, 0.1) is 0 Å². The van der Waals surface area contributed by atoms with Gasteiger partial charge in [0.15, 0.2) is 0 Å². The molecule has 1 aliphatic rings. The summed E-state index contributed by atoms with van der Waals surface area (Å²) in [5, 5.41) is 3.24. The number of ether oxygens (including phenoxy) is 1. The van der Waals surface area contributed by atoms with Gasteiger partial charge in [-0.2, -0.15) is 0 Å². The predicted molar refractivity (Wildman–Crippen MR) is 117 cm³/mol. The SMILES string of the molecule is CC(C)(C)OCCc1ccc(C(=O)NC2(c3ccccn3)CC2)cc1C(C)(C)C. The van der Waals surface area contributed by atoms with Gasteiger partial charge < -0.3 is 10.1 Å². The van der Waals surface area contributed by atoms with Crippen LogP contribution in [0.1, 0.15) is 81.6 Å². The highest BCUT2D eigenvalue weighted by molar-refractivity contribution is 5.95. The molecule has 1 saturated carbocycles. The van der Waals surface area contributed by atoms with Crippen LogP contribution in [0.3, 0.4) is 0 Å². The van der Waals surface area contributed by atoms with E-state index in [2.05, 4.69) is 64.0 Å². The van der Waals surface area contributed by atoms with E-state index in [4.69, 9.17) is 4.74 Å². The second-order valence-electron chi connectivity index (χ2n) is 10.1. The Morgan fingerprint density at radius 3 is 2.38 bits per heavy atom. The largest absolute Gasteiger partial charge is 0.376 e. The van der Waals surface area contributed by atoms with Crippen LogP contribution in [0.25, 0.3) is 0 Å². The Bertz CT molecular complexity index is 857. The standard InChI is InChI=1S/C25H34N2O2/c1-23(2,3)20-17-19(11-10-18(20)12-16-29-24(4,5)6)22(28)27-25(13-14-25)21-9-7-8-15-26-21/h7-11,15,17H,12-14,16H2,1-6H3,(H,27,28). The topological polar surface area (TPSA) is 51.2 Å². The van der Waals surface area contributed by atoms with Crippen molar-refractivity contribution in [1.82, 2.24) is 10.3 Å². The van der Waals surface area contributed by atoms with Crippen molar-refractivity contribution < 1.29 is 9.53 Å². The van der Waals surface area contributed by atoms with Crippen LogP contribution in [-0.2, 0) is 22.1 Å². The van der Waals surface area contributed by atoms with E-state index in [0.717, 1.165) is 25.0 Å². The summed E-state index contributed by atoms with van der Waals surface area (Å²) in [6.45, 7) is 13.4. The van der Waals surface area contributed by atoms with Crippen molar-refractivity contribution in [3.63, 3.8) is 0 Å². The van der Waals surface area contributed by atoms with E-state index in [9.17, 15) is 4.79 Å². The number of nitrogens with zero attached hydrogens (tertiary/aromatic N) is 1. The van der Waals surface area contributed by atoms with Crippen molar-refractivity contribution in [2.75, 3.05) is 6.61 Å². The Labute approximate surface area is 175 Å². The number of hydrogen-bond acceptors (Lipinski definition) is 3. The Balaban J connectivity index is 1.78. The van der Waals surface area contributed by atoms with Crippen LogP contribution in [0.5, 0.6) is 0 Å². The molecule has 0 bridgehead atoms. The second-order valence-corrected chi connectivity index (χ2v) is 10.1. The van der Waals surface area contributed by atoms with Gasteiger partial charge in [0, 0.05) is 11.8 Å². The van der Waals surface area contributed by atoms with E-state index in [1.807, 2.05) is 24.3 Å². The summed E-state index contributed by atoms with van der Waals surface area (Å²) in [6.07, 6.45) is 4.49. The van der Waals surface area contributed by atoms with Crippen LogP contribution in [-0.4, -0.2) is 23.1 Å². The molecule has 156 valence electrons. The van der Waals surface area contributed by atoms with Crippen molar-refractivity contribution in [2.24, 2.45) is 0 Å². The zero-order valence-corrected chi connectivity index (χ0v) is 18.6. The molecule has 1 aromatic heterocycles. The van der Waals surface area contributed by atoms with Crippen molar-refractivity contribution in [3.05, 3.63) is 65.0 Å². The third-order valence-electron chi connectivity index (χ3n) is 5.34. The molecule has 0 atom stereocenters. The van der Waals surface area contributed by atoms with E-state index >= 15 is 0 Å². The molecule has 0 radical (unpaired) electrons. The molecule has 1 amide bonds. The van der Waals surface area contributed by atoms with Gasteiger partial charge in [-0.1, -0.05) is 32.9 Å². The molecular formula is C25H34N2O2. The number of aromatic nitrogens is 1. The zero-order valence-electron chi connectivity index (χ0n) is 18.6. The number of rotatable bonds is 6. The van der Waals surface area contributed by atoms with Gasteiger partial charge in [0.2, 0.25) is 0 Å². The fourth-order valence-electron chi connectivity index (χ4n) is 3.61. The lowest BCUT2D eigenvalue weighted by Gasteiger charge is -2.25. The minimum absolute atomic E-state index is 0.0313. The number of pyridine rings is 1. The number of hydrogen-bond donors (Lipinski definition) is 1. The van der Waals surface area contributed by atoms with E-state index in [1.165, 1.54) is 11.1 Å². The average Bonchev–Trinajstić information content (AvgIpc) is 3.41. The summed E-state index contributed by atoms with van der Waals surface area (Å²) < 4.78 is 5.92. The lowest BCUT2D eigenvalue weighted by atomic mass is 9.82. The lowest BCUT2D eigenvalue weighted by molar-refractivity contribution is -0.00108. The van der Waals surface area contributed by atoms with Gasteiger partial charge >= 0.3 is 0 Å². The second kappa shape index (κ2) is 7.91. The Hall–Kier alpha value is -2.20. The van der Waals surface area contributed by atoms with Gasteiger partial charge in [0.25, 0.3) is 5.91 Å². The van der Waals surface area contributed by atoms with Crippen molar-refractivity contribution in [2.45, 2.75) is 77.4 Å². The molecule has 1 N–H and O–H groups in total. The maximum Gasteiger partial charge on any atom is 0.252 e. The number of carbonyl (C=O) groups excluding carboxylic acids is 1. The molecule has 0 spiro atoms. The van der Waals surface area contributed by atoms with E-state index in [0.29, 0.717) is 12.2 Å². The molecule has 29 heavy (non-hydrogen) atoms. The monoisotopic (exact) mass is 394 g/mol. The lowest BCUT2D eigenvalue weighted by Crippen LogP contribution is -2.35. The molecule has 4 nitrogen and oxygen atoms in total. The van der Waals surface area contributed by atoms with Gasteiger partial charge in [0.1, 0.15) is 0 Å². The van der Waals surface area contributed by atoms with E-state index in [-0.39, 0.29) is 22.5 Å². The number of amides is 1. The molecule has 1 aromatic carbocycles. The first-order valence-corrected chi connectivity index (χ1v) is 10.5. The maximum atomic E-state index is 13.0. The van der Waals surface area contributed by atoms with Crippen molar-refractivity contribution in [3.8, 4) is 0 Å². The molecule has 0 saturated heterocycles. The number of nitrogens with one attached hydrogen (secondary N) is 1. The number of carbonyl (C=O) groups is 1. The Morgan fingerprint density at radius 2 is 1.83 bits per heavy atom. The van der Waals surface area contributed by atoms with Crippen molar-refractivity contribution in [1.29, 1.82) is 0 Å². The maximum absolute atomic E-state index is 13.0. The summed E-state index contributed by atoms with van der Waals surface area (Å²) in [6, 6.07) is 11.9. The molecule has 4 heteroatoms. The molecule has 0 aliphatic heterocycles. The summed E-state index contributed by atoms with van der Waals surface area (Å²) in [5.41, 5.74) is 3.59. The van der Waals surface area contributed by atoms with Crippen LogP contribution in [0.15, 0.2) is 42.6 Å². The predicted octanol–water partition coefficient (Wildman–Crippen LogP) is 5.16. The zero-order chi connectivity index (χ0) is 21.3. The van der Waals surface area contributed by atoms with E-state index < -0.39 is 0 Å². The van der Waals surface area contributed by atoms with Crippen LogP contribution >= 0.6 is 0 Å². The molecule has 0 unspecified atom stereocenters. The summed E-state index contributed by atoms with van der Waals surface area (Å²) in [4.78, 5) is 17.5. The van der Waals surface area contributed by atoms with Gasteiger partial charge in [-0.25, -0.2) is 0 Å². The Kier molecular flexibility index (Phi) is 5.86. The van der Waals surface area contributed by atoms with Crippen molar-refractivity contribution >= 4 is 5.91 Å². The van der Waals surface area contributed by atoms with Gasteiger partial charge in [-0.05, 0) is 80.8 Å². The summed E-state index contributed by atoms with van der Waals surface area (Å²) in [7, 11) is 0. The fraction of sp³-hybridized carbons (Fsp3) is 0.520. The van der Waals surface area contributed by atoms with Gasteiger partial charge in [-0.3, -0.25) is 9.78 Å². The molecule has 1 heterocycles. The minimum atomic E-state index is -0.306. The highest BCUT2D eigenvalue weighted by atomic mass is 16.5. The first kappa shape index (κ1) is 21.5. The summed E-state index contributed by atoms with van der Waals surface area (Å²) in [5.74, 6) is -0.0313. The normalized spacial score (nSPS) is 15.8. The van der Waals surface area contributed by atoms with Crippen LogP contribution in [0.4, 0.5) is 0 Å². The molecular weight excluding hydrogens is 360 g/mol. The number of benzene rings is 1. The average molecular weight is 395 g/mol. The quantitative estimate of drug-likeness (QED) is 0.737. The van der Waals surface area contributed by atoms with Crippen LogP contribution < -0.4 is 5.32 Å². The molecule has 1 aliphatic carbocycles. The highest BCUT2D eigenvalue weighted by Crippen LogP contribution is 2.44.